The monoisotopic (exact) mass is 375 g/mol. The summed E-state index contributed by atoms with van der Waals surface area (Å²) < 4.78 is 31.2. The van der Waals surface area contributed by atoms with Crippen molar-refractivity contribution < 1.29 is 18.3 Å². The molecule has 3 rings (SSSR count). The van der Waals surface area contributed by atoms with Crippen molar-refractivity contribution in [3.63, 3.8) is 0 Å². The maximum absolute atomic E-state index is 12.3. The van der Waals surface area contributed by atoms with E-state index >= 15 is 0 Å². The minimum Gasteiger partial charge on any atom is -0.486 e. The summed E-state index contributed by atoms with van der Waals surface area (Å²) in [6.45, 7) is 3.81. The predicted molar refractivity (Wildman–Crippen MR) is 95.1 cm³/mol. The third-order valence-corrected chi connectivity index (χ3v) is 3.84. The van der Waals surface area contributed by atoms with E-state index in [1.54, 1.807) is 36.1 Å². The van der Waals surface area contributed by atoms with Crippen LogP contribution in [0.2, 0.25) is 0 Å². The van der Waals surface area contributed by atoms with Crippen LogP contribution in [0.3, 0.4) is 0 Å². The van der Waals surface area contributed by atoms with Crippen LogP contribution in [0.15, 0.2) is 30.7 Å². The number of hydrogen-bond donors (Lipinski definition) is 1. The van der Waals surface area contributed by atoms with Gasteiger partial charge in [-0.25, -0.2) is 8.78 Å². The fourth-order valence-corrected chi connectivity index (χ4v) is 2.66. The van der Waals surface area contributed by atoms with Crippen molar-refractivity contribution in [2.75, 3.05) is 13.2 Å². The minimum absolute atomic E-state index is 0.253. The molecule has 0 spiro atoms. The molecule has 0 saturated heterocycles. The van der Waals surface area contributed by atoms with Crippen molar-refractivity contribution in [1.82, 2.24) is 25.1 Å². The lowest BCUT2D eigenvalue weighted by molar-refractivity contribution is 0.0813. The first-order chi connectivity index (χ1) is 13.0. The first-order valence-corrected chi connectivity index (χ1v) is 8.44. The van der Waals surface area contributed by atoms with E-state index < -0.39 is 13.0 Å². The summed E-state index contributed by atoms with van der Waals surface area (Å²) in [7, 11) is 0. The molecule has 0 aromatic carbocycles. The number of aryl methyl sites for hydroxylation is 1. The number of amides is 1. The van der Waals surface area contributed by atoms with Gasteiger partial charge in [0.2, 0.25) is 0 Å². The lowest BCUT2D eigenvalue weighted by atomic mass is 10.2. The van der Waals surface area contributed by atoms with Crippen LogP contribution < -0.4 is 10.1 Å². The molecule has 0 aliphatic carbocycles. The molecule has 1 N–H and O–H groups in total. The van der Waals surface area contributed by atoms with Crippen LogP contribution in [0, 0.1) is 6.92 Å². The molecule has 0 bridgehead atoms. The highest BCUT2D eigenvalue weighted by Gasteiger charge is 2.14. The highest BCUT2D eigenvalue weighted by molar-refractivity contribution is 6.04. The van der Waals surface area contributed by atoms with Gasteiger partial charge in [0.25, 0.3) is 12.3 Å². The smallest absolute Gasteiger partial charge is 0.272 e. The first-order valence-electron chi connectivity index (χ1n) is 8.44. The third kappa shape index (κ3) is 4.36. The number of hydrogen-bond acceptors (Lipinski definition) is 5. The number of rotatable bonds is 7. The lowest BCUT2D eigenvalue weighted by Crippen LogP contribution is -2.23. The van der Waals surface area contributed by atoms with Gasteiger partial charge in [-0.05, 0) is 31.5 Å². The average molecular weight is 375 g/mol. The molecule has 0 atom stereocenters. The summed E-state index contributed by atoms with van der Waals surface area (Å²) in [6, 6.07) is 3.49. The number of nitrogens with one attached hydrogen (secondary N) is 1. The summed E-state index contributed by atoms with van der Waals surface area (Å²) in [4.78, 5) is 20.5. The van der Waals surface area contributed by atoms with Gasteiger partial charge in [0, 0.05) is 18.9 Å². The van der Waals surface area contributed by atoms with Crippen molar-refractivity contribution in [3.8, 4) is 5.75 Å². The quantitative estimate of drug-likeness (QED) is 0.686. The fourth-order valence-electron chi connectivity index (χ4n) is 2.66. The van der Waals surface area contributed by atoms with Gasteiger partial charge in [-0.1, -0.05) is 0 Å². The maximum atomic E-state index is 12.3. The molecule has 142 valence electrons. The van der Waals surface area contributed by atoms with E-state index in [2.05, 4.69) is 20.4 Å². The van der Waals surface area contributed by atoms with E-state index in [4.69, 9.17) is 4.74 Å². The summed E-state index contributed by atoms with van der Waals surface area (Å²) in [6.07, 6.45) is 2.18. The Hall–Kier alpha value is -3.10. The van der Waals surface area contributed by atoms with E-state index in [0.717, 1.165) is 0 Å². The number of aromatic nitrogens is 4. The Kier molecular flexibility index (Phi) is 5.58. The van der Waals surface area contributed by atoms with E-state index in [1.165, 1.54) is 6.20 Å². The van der Waals surface area contributed by atoms with Gasteiger partial charge in [0.05, 0.1) is 29.3 Å². The van der Waals surface area contributed by atoms with Gasteiger partial charge in [-0.3, -0.25) is 19.4 Å². The molecule has 3 heterocycles. The lowest BCUT2D eigenvalue weighted by Gasteiger charge is -2.09. The first kappa shape index (κ1) is 18.7. The van der Waals surface area contributed by atoms with Crippen LogP contribution in [0.1, 0.15) is 28.7 Å². The maximum Gasteiger partial charge on any atom is 0.272 e. The molecule has 0 unspecified atom stereocenters. The van der Waals surface area contributed by atoms with Gasteiger partial charge in [-0.2, -0.15) is 5.10 Å². The van der Waals surface area contributed by atoms with Crippen molar-refractivity contribution >= 4 is 16.8 Å². The summed E-state index contributed by atoms with van der Waals surface area (Å²) in [5.74, 6) is 0.0737. The molecule has 9 heteroatoms. The second-order valence-corrected chi connectivity index (χ2v) is 5.92. The summed E-state index contributed by atoms with van der Waals surface area (Å²) in [5, 5.41) is 7.83. The van der Waals surface area contributed by atoms with Crippen LogP contribution >= 0.6 is 0 Å². The van der Waals surface area contributed by atoms with E-state index in [9.17, 15) is 13.6 Å². The number of alkyl halides is 2. The van der Waals surface area contributed by atoms with Crippen LogP contribution in [0.25, 0.3) is 10.9 Å². The molecule has 3 aromatic rings. The standard InChI is InChI=1S/C18H19F2N5O2/c1-3-21-18(26)17-13-9-25(24-14(13)4-5-22-17)8-12-6-11(2)15(7-23-12)27-10-16(19)20/h4-7,9,16H,3,8,10H2,1-2H3,(H,21,26). The zero-order valence-corrected chi connectivity index (χ0v) is 14.9. The molecule has 0 aliphatic heterocycles. The average Bonchev–Trinajstić information content (AvgIpc) is 3.03. The molecule has 27 heavy (non-hydrogen) atoms. The molecule has 0 radical (unpaired) electrons. The van der Waals surface area contributed by atoms with Gasteiger partial charge >= 0.3 is 0 Å². The topological polar surface area (TPSA) is 81.9 Å². The van der Waals surface area contributed by atoms with E-state index in [1.807, 2.05) is 6.92 Å². The Morgan fingerprint density at radius 3 is 2.89 bits per heavy atom. The number of carbonyl (C=O) groups excluding carboxylic acids is 1. The van der Waals surface area contributed by atoms with Gasteiger partial charge in [0.15, 0.2) is 0 Å². The van der Waals surface area contributed by atoms with E-state index in [-0.39, 0.29) is 5.91 Å². The Morgan fingerprint density at radius 2 is 2.19 bits per heavy atom. The Bertz CT molecular complexity index is 958. The fraction of sp³-hybridized carbons (Fsp3) is 0.333. The number of nitrogens with zero attached hydrogens (tertiary/aromatic N) is 4. The Labute approximate surface area is 154 Å². The minimum atomic E-state index is -2.53. The van der Waals surface area contributed by atoms with E-state index in [0.29, 0.717) is 46.7 Å². The molecule has 0 saturated carbocycles. The molecular formula is C18H19F2N5O2. The predicted octanol–water partition coefficient (Wildman–Crippen LogP) is 2.58. The number of fused-ring (bicyclic) bond motifs is 1. The third-order valence-electron chi connectivity index (χ3n) is 3.84. The number of carbonyl (C=O) groups is 1. The van der Waals surface area contributed by atoms with Crippen molar-refractivity contribution in [3.05, 3.63) is 47.7 Å². The zero-order chi connectivity index (χ0) is 19.4. The van der Waals surface area contributed by atoms with Crippen molar-refractivity contribution in [2.24, 2.45) is 0 Å². The van der Waals surface area contributed by atoms with Gasteiger partial charge in [0.1, 0.15) is 18.1 Å². The van der Waals surface area contributed by atoms with Gasteiger partial charge in [-0.15, -0.1) is 0 Å². The number of halogens is 2. The molecule has 0 aliphatic rings. The number of pyridine rings is 2. The molecular weight excluding hydrogens is 356 g/mol. The number of ether oxygens (including phenoxy) is 1. The normalized spacial score (nSPS) is 11.1. The SMILES string of the molecule is CCNC(=O)c1nccc2nn(Cc3cc(C)c(OCC(F)F)cn3)cc12. The second-order valence-electron chi connectivity index (χ2n) is 5.92. The summed E-state index contributed by atoms with van der Waals surface area (Å²) in [5.41, 5.74) is 2.37. The Morgan fingerprint density at radius 1 is 1.37 bits per heavy atom. The Balaban J connectivity index is 1.81. The molecule has 3 aromatic heterocycles. The second kappa shape index (κ2) is 8.07. The molecule has 1 amide bonds. The van der Waals surface area contributed by atoms with Crippen molar-refractivity contribution in [2.45, 2.75) is 26.8 Å². The summed E-state index contributed by atoms with van der Waals surface area (Å²) >= 11 is 0. The van der Waals surface area contributed by atoms with Crippen molar-refractivity contribution in [1.29, 1.82) is 0 Å². The van der Waals surface area contributed by atoms with Crippen LogP contribution in [0.5, 0.6) is 5.75 Å². The molecule has 7 nitrogen and oxygen atoms in total. The highest BCUT2D eigenvalue weighted by Crippen LogP contribution is 2.20. The van der Waals surface area contributed by atoms with Crippen LogP contribution in [0.4, 0.5) is 8.78 Å². The van der Waals surface area contributed by atoms with Gasteiger partial charge < -0.3 is 10.1 Å². The zero-order valence-electron chi connectivity index (χ0n) is 14.9. The van der Waals surface area contributed by atoms with Crippen LogP contribution in [-0.4, -0.2) is 45.2 Å². The molecule has 0 fully saturated rings. The highest BCUT2D eigenvalue weighted by atomic mass is 19.3. The van der Waals surface area contributed by atoms with Crippen LogP contribution in [-0.2, 0) is 6.54 Å². The largest absolute Gasteiger partial charge is 0.486 e.